The van der Waals surface area contributed by atoms with Crippen LogP contribution in [0.1, 0.15) is 22.3 Å². The van der Waals surface area contributed by atoms with Gasteiger partial charge in [-0.05, 0) is 136 Å². The van der Waals surface area contributed by atoms with E-state index in [1.54, 1.807) is 11.8 Å². The molecule has 0 aromatic heterocycles. The van der Waals surface area contributed by atoms with Crippen molar-refractivity contribution in [2.24, 2.45) is 0 Å². The molecule has 0 aliphatic heterocycles. The van der Waals surface area contributed by atoms with Gasteiger partial charge in [0.1, 0.15) is 0 Å². The smallest absolute Gasteiger partial charge is 0.0462 e. The molecule has 240 valence electrons. The number of benzene rings is 7. The Hall–Kier alpha value is -5.51. The molecule has 0 aliphatic rings. The molecule has 7 rings (SSSR count). The van der Waals surface area contributed by atoms with Crippen molar-refractivity contribution in [2.75, 3.05) is 9.80 Å². The zero-order chi connectivity index (χ0) is 33.7. The molecule has 0 saturated carbocycles. The normalized spacial score (nSPS) is 10.9. The van der Waals surface area contributed by atoms with Crippen molar-refractivity contribution in [2.45, 2.75) is 37.5 Å². The molecule has 0 unspecified atom stereocenters. The molecule has 0 N–H and O–H groups in total. The van der Waals surface area contributed by atoms with E-state index in [4.69, 9.17) is 0 Å². The maximum absolute atomic E-state index is 2.31. The third kappa shape index (κ3) is 7.48. The van der Waals surface area contributed by atoms with Gasteiger partial charge in [0.05, 0.1) is 0 Å². The first-order chi connectivity index (χ1) is 23.9. The molecule has 0 spiro atoms. The van der Waals surface area contributed by atoms with E-state index < -0.39 is 0 Å². The molecular formula is C46H40N2S. The van der Waals surface area contributed by atoms with Crippen molar-refractivity contribution in [3.63, 3.8) is 0 Å². The van der Waals surface area contributed by atoms with Gasteiger partial charge in [0, 0.05) is 43.9 Å². The summed E-state index contributed by atoms with van der Waals surface area (Å²) >= 11 is 1.79. The van der Waals surface area contributed by atoms with Gasteiger partial charge >= 0.3 is 0 Å². The number of anilines is 6. The monoisotopic (exact) mass is 652 g/mol. The molecule has 3 heteroatoms. The summed E-state index contributed by atoms with van der Waals surface area (Å²) in [6.07, 6.45) is 0. The molecule has 0 heterocycles. The van der Waals surface area contributed by atoms with E-state index >= 15 is 0 Å². The molecule has 49 heavy (non-hydrogen) atoms. The molecule has 0 amide bonds. The lowest BCUT2D eigenvalue weighted by molar-refractivity contribution is 1.26. The van der Waals surface area contributed by atoms with Crippen molar-refractivity contribution in [1.82, 2.24) is 0 Å². The van der Waals surface area contributed by atoms with Crippen molar-refractivity contribution in [1.29, 1.82) is 0 Å². The third-order valence-corrected chi connectivity index (χ3v) is 9.83. The lowest BCUT2D eigenvalue weighted by Gasteiger charge is -2.26. The summed E-state index contributed by atoms with van der Waals surface area (Å²) in [5, 5.41) is 0. The Morgan fingerprint density at radius 1 is 0.265 bits per heavy atom. The molecule has 0 radical (unpaired) electrons. The molecule has 7 aromatic rings. The topological polar surface area (TPSA) is 6.48 Å². The zero-order valence-corrected chi connectivity index (χ0v) is 29.3. The molecule has 0 fully saturated rings. The predicted octanol–water partition coefficient (Wildman–Crippen LogP) is 13.7. The highest BCUT2D eigenvalue weighted by Crippen LogP contribution is 2.38. The van der Waals surface area contributed by atoms with Gasteiger partial charge in [0.15, 0.2) is 0 Å². The minimum absolute atomic E-state index is 1.13. The van der Waals surface area contributed by atoms with Gasteiger partial charge in [-0.3, -0.25) is 0 Å². The molecule has 2 nitrogen and oxygen atoms in total. The van der Waals surface area contributed by atoms with Gasteiger partial charge in [-0.2, -0.15) is 0 Å². The van der Waals surface area contributed by atoms with Crippen LogP contribution < -0.4 is 9.80 Å². The third-order valence-electron chi connectivity index (χ3n) is 8.81. The summed E-state index contributed by atoms with van der Waals surface area (Å²) in [5.74, 6) is 0. The number of hydrogen-bond donors (Lipinski definition) is 0. The lowest BCUT2D eigenvalue weighted by Crippen LogP contribution is -2.09. The second-order valence-corrected chi connectivity index (χ2v) is 13.8. The van der Waals surface area contributed by atoms with Crippen LogP contribution in [-0.4, -0.2) is 0 Å². The van der Waals surface area contributed by atoms with Crippen LogP contribution in [0.15, 0.2) is 180 Å². The highest BCUT2D eigenvalue weighted by Gasteiger charge is 2.14. The number of aryl methyl sites for hydroxylation is 4. The van der Waals surface area contributed by atoms with Crippen LogP contribution in [0.5, 0.6) is 0 Å². The van der Waals surface area contributed by atoms with Gasteiger partial charge in [-0.15, -0.1) is 0 Å². The molecule has 0 atom stereocenters. The Morgan fingerprint density at radius 3 is 0.755 bits per heavy atom. The van der Waals surface area contributed by atoms with Crippen LogP contribution in [0.2, 0.25) is 0 Å². The zero-order valence-electron chi connectivity index (χ0n) is 28.5. The first-order valence-electron chi connectivity index (χ1n) is 16.7. The minimum atomic E-state index is 1.13. The van der Waals surface area contributed by atoms with Crippen molar-refractivity contribution < 1.29 is 0 Å². The van der Waals surface area contributed by atoms with E-state index in [0.717, 1.165) is 34.1 Å². The number of nitrogens with zero attached hydrogens (tertiary/aromatic N) is 2. The Bertz CT molecular complexity index is 2020. The van der Waals surface area contributed by atoms with Gasteiger partial charge in [0.25, 0.3) is 0 Å². The minimum Gasteiger partial charge on any atom is -0.311 e. The second-order valence-electron chi connectivity index (χ2n) is 12.7. The van der Waals surface area contributed by atoms with Crippen LogP contribution in [0.25, 0.3) is 11.1 Å². The number of hydrogen-bond acceptors (Lipinski definition) is 3. The highest BCUT2D eigenvalue weighted by atomic mass is 32.2. The van der Waals surface area contributed by atoms with E-state index in [1.165, 1.54) is 43.2 Å². The summed E-state index contributed by atoms with van der Waals surface area (Å²) in [4.78, 5) is 7.05. The quantitative estimate of drug-likeness (QED) is 0.153. The summed E-state index contributed by atoms with van der Waals surface area (Å²) in [5.41, 5.74) is 14.3. The van der Waals surface area contributed by atoms with E-state index in [1.807, 2.05) is 0 Å². The van der Waals surface area contributed by atoms with Crippen molar-refractivity contribution >= 4 is 45.9 Å². The van der Waals surface area contributed by atoms with Crippen LogP contribution in [0.3, 0.4) is 0 Å². The maximum atomic E-state index is 2.31. The standard InChI is InChI=1S/C46H40N2S/c1-33-5-17-39(18-6-33)47(40-19-7-34(2)8-20-40)43-25-13-37(14-26-43)38-15-29-45(30-16-38)49-46-31-27-44(28-32-46)48(41-21-9-35(3)10-22-41)42-23-11-36(4)12-24-42/h5-32H,1-4H3. The predicted molar refractivity (Wildman–Crippen MR) is 211 cm³/mol. The molecule has 7 aromatic carbocycles. The summed E-state index contributed by atoms with van der Waals surface area (Å²) < 4.78 is 0. The van der Waals surface area contributed by atoms with Crippen LogP contribution in [0, 0.1) is 27.7 Å². The molecule has 0 saturated heterocycles. The fourth-order valence-electron chi connectivity index (χ4n) is 5.99. The largest absolute Gasteiger partial charge is 0.311 e. The Labute approximate surface area is 295 Å². The maximum Gasteiger partial charge on any atom is 0.0462 e. The van der Waals surface area contributed by atoms with E-state index in [9.17, 15) is 0 Å². The first-order valence-corrected chi connectivity index (χ1v) is 17.6. The van der Waals surface area contributed by atoms with E-state index in [0.29, 0.717) is 0 Å². The van der Waals surface area contributed by atoms with Crippen molar-refractivity contribution in [3.8, 4) is 11.1 Å². The molecular weight excluding hydrogens is 613 g/mol. The second kappa shape index (κ2) is 14.3. The Balaban J connectivity index is 1.08. The Kier molecular flexibility index (Phi) is 9.36. The first kappa shape index (κ1) is 32.1. The average Bonchev–Trinajstić information content (AvgIpc) is 3.13. The van der Waals surface area contributed by atoms with E-state index in [-0.39, 0.29) is 0 Å². The summed E-state index contributed by atoms with van der Waals surface area (Å²) in [6, 6.07) is 61.5. The van der Waals surface area contributed by atoms with Gasteiger partial charge in [-0.25, -0.2) is 0 Å². The number of rotatable bonds is 9. The van der Waals surface area contributed by atoms with Crippen LogP contribution >= 0.6 is 11.8 Å². The molecule has 0 bridgehead atoms. The SMILES string of the molecule is Cc1ccc(N(c2ccc(C)cc2)c2ccc(Sc3ccc(-c4ccc(N(c5ccc(C)cc5)c5ccc(C)cc5)cc4)cc3)cc2)cc1. The Morgan fingerprint density at radius 2 is 0.469 bits per heavy atom. The summed E-state index contributed by atoms with van der Waals surface area (Å²) in [6.45, 7) is 8.51. The summed E-state index contributed by atoms with van der Waals surface area (Å²) in [7, 11) is 0. The van der Waals surface area contributed by atoms with E-state index in [2.05, 4.69) is 207 Å². The van der Waals surface area contributed by atoms with Gasteiger partial charge in [-0.1, -0.05) is 107 Å². The van der Waals surface area contributed by atoms with Crippen LogP contribution in [0.4, 0.5) is 34.1 Å². The average molecular weight is 653 g/mol. The van der Waals surface area contributed by atoms with Gasteiger partial charge < -0.3 is 9.80 Å². The highest BCUT2D eigenvalue weighted by molar-refractivity contribution is 7.99. The molecule has 0 aliphatic carbocycles. The fourth-order valence-corrected chi connectivity index (χ4v) is 6.80. The lowest BCUT2D eigenvalue weighted by atomic mass is 10.0. The van der Waals surface area contributed by atoms with Crippen molar-refractivity contribution in [3.05, 3.63) is 192 Å². The van der Waals surface area contributed by atoms with Gasteiger partial charge in [0.2, 0.25) is 0 Å². The van der Waals surface area contributed by atoms with Crippen LogP contribution in [-0.2, 0) is 0 Å². The fraction of sp³-hybridized carbons (Fsp3) is 0.0870.